The molecular weight excluding hydrogens is 256 g/mol. The minimum Gasteiger partial charge on any atom is -0.363 e. The lowest BCUT2D eigenvalue weighted by molar-refractivity contribution is 0.535. The average molecular weight is 282 g/mol. The van der Waals surface area contributed by atoms with Gasteiger partial charge in [-0.3, -0.25) is 0 Å². The Balaban J connectivity index is 2.47. The molecule has 2 nitrogen and oxygen atoms in total. The fourth-order valence-corrected chi connectivity index (χ4v) is 3.00. The highest BCUT2D eigenvalue weighted by Gasteiger charge is 2.24. The van der Waals surface area contributed by atoms with Crippen molar-refractivity contribution in [2.75, 3.05) is 11.4 Å². The summed E-state index contributed by atoms with van der Waals surface area (Å²) in [6.45, 7) is 9.51. The Hall–Kier alpha value is -1.80. The first-order chi connectivity index (χ1) is 10.0. The SMILES string of the molecule is CCN(c1cccc(C)c1)C(c1ccccc1C)C(C)N. The van der Waals surface area contributed by atoms with Gasteiger partial charge in [0, 0.05) is 18.3 Å². The van der Waals surface area contributed by atoms with Gasteiger partial charge >= 0.3 is 0 Å². The van der Waals surface area contributed by atoms with Gasteiger partial charge in [-0.25, -0.2) is 0 Å². The number of hydrogen-bond donors (Lipinski definition) is 1. The summed E-state index contributed by atoms with van der Waals surface area (Å²) < 4.78 is 0. The first kappa shape index (κ1) is 15.6. The monoisotopic (exact) mass is 282 g/mol. The molecule has 0 radical (unpaired) electrons. The van der Waals surface area contributed by atoms with Crippen LogP contribution in [-0.4, -0.2) is 12.6 Å². The zero-order valence-corrected chi connectivity index (χ0v) is 13.5. The van der Waals surface area contributed by atoms with Crippen molar-refractivity contribution in [1.82, 2.24) is 0 Å². The second kappa shape index (κ2) is 6.77. The van der Waals surface area contributed by atoms with Gasteiger partial charge in [0.2, 0.25) is 0 Å². The molecule has 2 heteroatoms. The van der Waals surface area contributed by atoms with Crippen LogP contribution >= 0.6 is 0 Å². The van der Waals surface area contributed by atoms with E-state index in [2.05, 4.69) is 81.1 Å². The zero-order chi connectivity index (χ0) is 15.4. The second-order valence-electron chi connectivity index (χ2n) is 5.79. The van der Waals surface area contributed by atoms with Crippen LogP contribution in [0.4, 0.5) is 5.69 Å². The van der Waals surface area contributed by atoms with E-state index in [9.17, 15) is 0 Å². The number of nitrogens with zero attached hydrogens (tertiary/aromatic N) is 1. The largest absolute Gasteiger partial charge is 0.363 e. The standard InChI is InChI=1S/C19H26N2/c1-5-21(17-11-8-9-14(2)13-17)19(16(4)20)18-12-7-6-10-15(18)3/h6-13,16,19H,5,20H2,1-4H3. The van der Waals surface area contributed by atoms with Crippen LogP contribution in [0.2, 0.25) is 0 Å². The molecule has 0 saturated heterocycles. The molecule has 2 N–H and O–H groups in total. The Morgan fingerprint density at radius 1 is 1.05 bits per heavy atom. The molecule has 0 aliphatic rings. The molecule has 112 valence electrons. The summed E-state index contributed by atoms with van der Waals surface area (Å²) in [5.74, 6) is 0. The van der Waals surface area contributed by atoms with E-state index in [1.165, 1.54) is 22.4 Å². The zero-order valence-electron chi connectivity index (χ0n) is 13.5. The van der Waals surface area contributed by atoms with Crippen LogP contribution in [0.5, 0.6) is 0 Å². The maximum absolute atomic E-state index is 6.35. The first-order valence-electron chi connectivity index (χ1n) is 7.69. The fourth-order valence-electron chi connectivity index (χ4n) is 3.00. The van der Waals surface area contributed by atoms with Gasteiger partial charge in [-0.05, 0) is 56.5 Å². The average Bonchev–Trinajstić information content (AvgIpc) is 2.45. The van der Waals surface area contributed by atoms with Crippen LogP contribution in [-0.2, 0) is 0 Å². The van der Waals surface area contributed by atoms with E-state index in [1.54, 1.807) is 0 Å². The third kappa shape index (κ3) is 3.45. The van der Waals surface area contributed by atoms with Gasteiger partial charge in [0.05, 0.1) is 6.04 Å². The molecule has 2 aromatic carbocycles. The van der Waals surface area contributed by atoms with Crippen LogP contribution in [0.1, 0.15) is 36.6 Å². The highest BCUT2D eigenvalue weighted by Crippen LogP contribution is 2.31. The van der Waals surface area contributed by atoms with Gasteiger partial charge in [-0.15, -0.1) is 0 Å². The minimum absolute atomic E-state index is 0.0616. The van der Waals surface area contributed by atoms with Gasteiger partial charge < -0.3 is 10.6 Å². The van der Waals surface area contributed by atoms with Crippen molar-refractivity contribution in [3.63, 3.8) is 0 Å². The van der Waals surface area contributed by atoms with E-state index in [0.29, 0.717) is 0 Å². The van der Waals surface area contributed by atoms with Crippen molar-refractivity contribution in [2.24, 2.45) is 5.73 Å². The molecule has 2 unspecified atom stereocenters. The highest BCUT2D eigenvalue weighted by atomic mass is 15.2. The fraction of sp³-hybridized carbons (Fsp3) is 0.368. The summed E-state index contributed by atoms with van der Waals surface area (Å²) in [6.07, 6.45) is 0. The van der Waals surface area contributed by atoms with Gasteiger partial charge in [-0.1, -0.05) is 36.4 Å². The van der Waals surface area contributed by atoms with Gasteiger partial charge in [0.25, 0.3) is 0 Å². The predicted molar refractivity (Wildman–Crippen MR) is 91.8 cm³/mol. The molecule has 2 atom stereocenters. The summed E-state index contributed by atoms with van der Waals surface area (Å²) in [5, 5.41) is 0. The maximum atomic E-state index is 6.35. The summed E-state index contributed by atoms with van der Waals surface area (Å²) >= 11 is 0. The Labute approximate surface area is 128 Å². The summed E-state index contributed by atoms with van der Waals surface area (Å²) in [7, 11) is 0. The molecule has 0 spiro atoms. The van der Waals surface area contributed by atoms with E-state index >= 15 is 0 Å². The topological polar surface area (TPSA) is 29.3 Å². The number of anilines is 1. The Kier molecular flexibility index (Phi) is 5.03. The van der Waals surface area contributed by atoms with Crippen molar-refractivity contribution in [2.45, 2.75) is 39.8 Å². The molecule has 21 heavy (non-hydrogen) atoms. The Bertz CT molecular complexity index is 590. The number of benzene rings is 2. The van der Waals surface area contributed by atoms with E-state index in [-0.39, 0.29) is 12.1 Å². The quantitative estimate of drug-likeness (QED) is 0.889. The van der Waals surface area contributed by atoms with Crippen LogP contribution < -0.4 is 10.6 Å². The van der Waals surface area contributed by atoms with Crippen LogP contribution in [0.25, 0.3) is 0 Å². The number of hydrogen-bond acceptors (Lipinski definition) is 2. The molecule has 0 fully saturated rings. The third-order valence-electron chi connectivity index (χ3n) is 4.01. The molecule has 0 bridgehead atoms. The van der Waals surface area contributed by atoms with Crippen molar-refractivity contribution in [3.05, 3.63) is 65.2 Å². The van der Waals surface area contributed by atoms with Crippen LogP contribution in [0, 0.1) is 13.8 Å². The molecule has 2 aromatic rings. The highest BCUT2D eigenvalue weighted by molar-refractivity contribution is 5.52. The third-order valence-corrected chi connectivity index (χ3v) is 4.01. The summed E-state index contributed by atoms with van der Waals surface area (Å²) in [4.78, 5) is 2.40. The number of rotatable bonds is 5. The lowest BCUT2D eigenvalue weighted by Gasteiger charge is -2.36. The molecule has 0 heterocycles. The first-order valence-corrected chi connectivity index (χ1v) is 7.69. The Morgan fingerprint density at radius 3 is 2.33 bits per heavy atom. The predicted octanol–water partition coefficient (Wildman–Crippen LogP) is 4.22. The van der Waals surface area contributed by atoms with E-state index in [1.807, 2.05) is 0 Å². The number of likely N-dealkylation sites (N-methyl/N-ethyl adjacent to an activating group) is 1. The molecule has 0 amide bonds. The van der Waals surface area contributed by atoms with Gasteiger partial charge in [-0.2, -0.15) is 0 Å². The molecule has 0 saturated carbocycles. The van der Waals surface area contributed by atoms with E-state index in [0.717, 1.165) is 6.54 Å². The van der Waals surface area contributed by atoms with Gasteiger partial charge in [0.15, 0.2) is 0 Å². The smallest absolute Gasteiger partial charge is 0.0693 e. The molecule has 0 aromatic heterocycles. The minimum atomic E-state index is 0.0616. The van der Waals surface area contributed by atoms with Gasteiger partial charge in [0.1, 0.15) is 0 Å². The lowest BCUT2D eigenvalue weighted by atomic mass is 9.94. The number of aryl methyl sites for hydroxylation is 2. The molecule has 2 rings (SSSR count). The summed E-state index contributed by atoms with van der Waals surface area (Å²) in [5.41, 5.74) is 11.5. The molecular formula is C19H26N2. The van der Waals surface area contributed by atoms with Crippen LogP contribution in [0.3, 0.4) is 0 Å². The van der Waals surface area contributed by atoms with E-state index in [4.69, 9.17) is 5.73 Å². The van der Waals surface area contributed by atoms with Crippen molar-refractivity contribution >= 4 is 5.69 Å². The van der Waals surface area contributed by atoms with Crippen molar-refractivity contribution in [3.8, 4) is 0 Å². The van der Waals surface area contributed by atoms with Crippen molar-refractivity contribution < 1.29 is 0 Å². The van der Waals surface area contributed by atoms with Crippen LogP contribution in [0.15, 0.2) is 48.5 Å². The normalized spacial score (nSPS) is 13.8. The second-order valence-corrected chi connectivity index (χ2v) is 5.79. The molecule has 0 aliphatic carbocycles. The maximum Gasteiger partial charge on any atom is 0.0693 e. The van der Waals surface area contributed by atoms with Crippen molar-refractivity contribution in [1.29, 1.82) is 0 Å². The lowest BCUT2D eigenvalue weighted by Crippen LogP contribution is -2.40. The molecule has 0 aliphatic heterocycles. The number of nitrogens with two attached hydrogens (primary N) is 1. The Morgan fingerprint density at radius 2 is 1.76 bits per heavy atom. The summed E-state index contributed by atoms with van der Waals surface area (Å²) in [6, 6.07) is 17.4. The van der Waals surface area contributed by atoms with E-state index < -0.39 is 0 Å².